The molecular formula is C21H28N4O3S2. The predicted molar refractivity (Wildman–Crippen MR) is 120 cm³/mol. The van der Waals surface area contributed by atoms with Crippen molar-refractivity contribution in [3.63, 3.8) is 0 Å². The van der Waals surface area contributed by atoms with Crippen molar-refractivity contribution in [3.05, 3.63) is 47.3 Å². The fraction of sp³-hybridized carbons (Fsp3) is 0.476. The minimum absolute atomic E-state index is 0.0114. The van der Waals surface area contributed by atoms with E-state index in [1.54, 1.807) is 41.8 Å². The molecule has 0 saturated carbocycles. The van der Waals surface area contributed by atoms with Crippen molar-refractivity contribution >= 4 is 33.0 Å². The molecule has 1 unspecified atom stereocenters. The van der Waals surface area contributed by atoms with E-state index in [4.69, 9.17) is 0 Å². The molecule has 162 valence electrons. The van der Waals surface area contributed by atoms with Crippen LogP contribution in [0.1, 0.15) is 23.7 Å². The Balaban J connectivity index is 1.34. The molecule has 1 aromatic heterocycles. The Bertz CT molecular complexity index is 953. The molecule has 0 spiro atoms. The molecule has 1 N–H and O–H groups in total. The van der Waals surface area contributed by atoms with Crippen LogP contribution in [-0.2, 0) is 10.0 Å². The zero-order chi connectivity index (χ0) is 21.1. The summed E-state index contributed by atoms with van der Waals surface area (Å²) >= 11 is 1.17. The number of hydrogen-bond donors (Lipinski definition) is 1. The first-order valence-corrected chi connectivity index (χ1v) is 12.7. The number of anilines is 1. The summed E-state index contributed by atoms with van der Waals surface area (Å²) in [6, 6.07) is 10.4. The van der Waals surface area contributed by atoms with Gasteiger partial charge < -0.3 is 9.80 Å². The average molecular weight is 449 g/mol. The second-order valence-corrected chi connectivity index (χ2v) is 10.6. The van der Waals surface area contributed by atoms with E-state index >= 15 is 0 Å². The number of sulfonamides is 1. The summed E-state index contributed by atoms with van der Waals surface area (Å²) in [7, 11) is -3.58. The molecular weight excluding hydrogens is 420 g/mol. The molecule has 2 fully saturated rings. The standard InChI is InChI=1S/C21H28N4O3S2/c1-2-23-11-13-24(14-12-23)19-9-10-25(16-19)21(26)17-5-7-18(8-6-17)22-30(27,28)20-4-3-15-29-20/h3-8,15,19,22H,2,9-14,16H2,1H3. The van der Waals surface area contributed by atoms with Crippen LogP contribution in [0, 0.1) is 0 Å². The number of amides is 1. The number of rotatable bonds is 6. The van der Waals surface area contributed by atoms with Crippen LogP contribution >= 0.6 is 11.3 Å². The number of benzene rings is 1. The molecule has 2 aromatic rings. The largest absolute Gasteiger partial charge is 0.337 e. The normalized spacial score (nSPS) is 21.1. The van der Waals surface area contributed by atoms with E-state index in [0.29, 0.717) is 17.3 Å². The summed E-state index contributed by atoms with van der Waals surface area (Å²) in [5.74, 6) is 0.0114. The zero-order valence-electron chi connectivity index (χ0n) is 17.2. The van der Waals surface area contributed by atoms with E-state index in [0.717, 1.165) is 52.2 Å². The van der Waals surface area contributed by atoms with Gasteiger partial charge in [0.1, 0.15) is 4.21 Å². The lowest BCUT2D eigenvalue weighted by Crippen LogP contribution is -2.51. The Hall–Kier alpha value is -1.94. The van der Waals surface area contributed by atoms with Gasteiger partial charge in [-0.15, -0.1) is 11.3 Å². The summed E-state index contributed by atoms with van der Waals surface area (Å²) in [6.07, 6.45) is 1.01. The van der Waals surface area contributed by atoms with E-state index in [2.05, 4.69) is 21.4 Å². The van der Waals surface area contributed by atoms with Gasteiger partial charge in [0.05, 0.1) is 0 Å². The van der Waals surface area contributed by atoms with Crippen molar-refractivity contribution < 1.29 is 13.2 Å². The number of carbonyl (C=O) groups is 1. The minimum atomic E-state index is -3.58. The highest BCUT2D eigenvalue weighted by Crippen LogP contribution is 2.23. The lowest BCUT2D eigenvalue weighted by molar-refractivity contribution is 0.0745. The summed E-state index contributed by atoms with van der Waals surface area (Å²) in [5.41, 5.74) is 1.04. The molecule has 1 aromatic carbocycles. The minimum Gasteiger partial charge on any atom is -0.337 e. The molecule has 7 nitrogen and oxygen atoms in total. The van der Waals surface area contributed by atoms with Gasteiger partial charge in [-0.3, -0.25) is 14.4 Å². The predicted octanol–water partition coefficient (Wildman–Crippen LogP) is 2.40. The molecule has 2 aliphatic heterocycles. The second kappa shape index (κ2) is 9.05. The number of nitrogens with one attached hydrogen (secondary N) is 1. The van der Waals surface area contributed by atoms with Crippen LogP contribution in [0.25, 0.3) is 0 Å². The van der Waals surface area contributed by atoms with Crippen molar-refractivity contribution in [3.8, 4) is 0 Å². The molecule has 30 heavy (non-hydrogen) atoms. The maximum Gasteiger partial charge on any atom is 0.271 e. The van der Waals surface area contributed by atoms with Crippen LogP contribution in [0.5, 0.6) is 0 Å². The lowest BCUT2D eigenvalue weighted by Gasteiger charge is -2.37. The van der Waals surface area contributed by atoms with E-state index in [1.807, 2.05) is 4.90 Å². The number of likely N-dealkylation sites (tertiary alicyclic amines) is 1. The molecule has 4 rings (SSSR count). The van der Waals surface area contributed by atoms with Crippen molar-refractivity contribution in [2.75, 3.05) is 50.5 Å². The fourth-order valence-corrected chi connectivity index (χ4v) is 6.21. The molecule has 0 bridgehead atoms. The molecule has 2 saturated heterocycles. The number of thiophene rings is 1. The topological polar surface area (TPSA) is 73.0 Å². The van der Waals surface area contributed by atoms with E-state index in [-0.39, 0.29) is 10.1 Å². The number of likely N-dealkylation sites (N-methyl/N-ethyl adjacent to an activating group) is 1. The van der Waals surface area contributed by atoms with E-state index in [9.17, 15) is 13.2 Å². The van der Waals surface area contributed by atoms with Gasteiger partial charge in [-0.25, -0.2) is 8.42 Å². The third kappa shape index (κ3) is 4.69. The first-order chi connectivity index (χ1) is 14.5. The van der Waals surface area contributed by atoms with Gasteiger partial charge in [0, 0.05) is 56.6 Å². The van der Waals surface area contributed by atoms with Gasteiger partial charge in [0.15, 0.2) is 0 Å². The van der Waals surface area contributed by atoms with Crippen LogP contribution < -0.4 is 4.72 Å². The van der Waals surface area contributed by atoms with E-state index < -0.39 is 10.0 Å². The van der Waals surface area contributed by atoms with Gasteiger partial charge in [-0.2, -0.15) is 0 Å². The number of piperazine rings is 1. The maximum atomic E-state index is 12.9. The first kappa shape index (κ1) is 21.3. The van der Waals surface area contributed by atoms with Crippen LogP contribution in [-0.4, -0.2) is 80.9 Å². The molecule has 0 aliphatic carbocycles. The highest BCUT2D eigenvalue weighted by Gasteiger charge is 2.32. The zero-order valence-corrected chi connectivity index (χ0v) is 18.8. The van der Waals surface area contributed by atoms with Crippen molar-refractivity contribution in [1.29, 1.82) is 0 Å². The first-order valence-electron chi connectivity index (χ1n) is 10.4. The second-order valence-electron chi connectivity index (χ2n) is 7.78. The highest BCUT2D eigenvalue weighted by atomic mass is 32.2. The van der Waals surface area contributed by atoms with Gasteiger partial charge in [-0.1, -0.05) is 13.0 Å². The molecule has 1 amide bonds. The number of carbonyl (C=O) groups excluding carboxylic acids is 1. The molecule has 2 aliphatic rings. The molecule has 9 heteroatoms. The smallest absolute Gasteiger partial charge is 0.271 e. The van der Waals surface area contributed by atoms with Gasteiger partial charge in [-0.05, 0) is 48.7 Å². The lowest BCUT2D eigenvalue weighted by atomic mass is 10.2. The maximum absolute atomic E-state index is 12.9. The number of nitrogens with zero attached hydrogens (tertiary/aromatic N) is 3. The van der Waals surface area contributed by atoms with Gasteiger partial charge in [0.2, 0.25) is 0 Å². The quantitative estimate of drug-likeness (QED) is 0.735. The van der Waals surface area contributed by atoms with Crippen LogP contribution in [0.3, 0.4) is 0 Å². The van der Waals surface area contributed by atoms with Crippen molar-refractivity contribution in [2.45, 2.75) is 23.6 Å². The monoisotopic (exact) mass is 448 g/mol. The Morgan fingerprint density at radius 2 is 1.83 bits per heavy atom. The number of hydrogen-bond acceptors (Lipinski definition) is 6. The van der Waals surface area contributed by atoms with Gasteiger partial charge >= 0.3 is 0 Å². The van der Waals surface area contributed by atoms with Crippen LogP contribution in [0.2, 0.25) is 0 Å². The van der Waals surface area contributed by atoms with Crippen molar-refractivity contribution in [2.24, 2.45) is 0 Å². The summed E-state index contributed by atoms with van der Waals surface area (Å²) in [6.45, 7) is 9.17. The third-order valence-electron chi connectivity index (χ3n) is 5.97. The Morgan fingerprint density at radius 3 is 2.47 bits per heavy atom. The summed E-state index contributed by atoms with van der Waals surface area (Å²) in [5, 5.41) is 1.73. The molecule has 1 atom stereocenters. The summed E-state index contributed by atoms with van der Waals surface area (Å²) < 4.78 is 27.5. The van der Waals surface area contributed by atoms with Crippen LogP contribution in [0.4, 0.5) is 5.69 Å². The Labute approximate surface area is 182 Å². The van der Waals surface area contributed by atoms with E-state index in [1.165, 1.54) is 11.3 Å². The van der Waals surface area contributed by atoms with Gasteiger partial charge in [0.25, 0.3) is 15.9 Å². The van der Waals surface area contributed by atoms with Crippen LogP contribution in [0.15, 0.2) is 46.0 Å². The highest BCUT2D eigenvalue weighted by molar-refractivity contribution is 7.94. The Kier molecular flexibility index (Phi) is 6.43. The fourth-order valence-electron chi connectivity index (χ4n) is 4.15. The molecule has 3 heterocycles. The third-order valence-corrected chi connectivity index (χ3v) is 8.74. The Morgan fingerprint density at radius 1 is 1.10 bits per heavy atom. The molecule has 0 radical (unpaired) electrons. The van der Waals surface area contributed by atoms with Crippen molar-refractivity contribution in [1.82, 2.24) is 14.7 Å². The average Bonchev–Trinajstić information content (AvgIpc) is 3.46. The SMILES string of the molecule is CCN1CCN(C2CCN(C(=O)c3ccc(NS(=O)(=O)c4cccs4)cc3)C2)CC1. The summed E-state index contributed by atoms with van der Waals surface area (Å²) in [4.78, 5) is 19.8.